The minimum Gasteiger partial charge on any atom is -0.394 e. The Bertz CT molecular complexity index is 296. The summed E-state index contributed by atoms with van der Waals surface area (Å²) < 4.78 is 15.2. The molecule has 0 aromatic heterocycles. The van der Waals surface area contributed by atoms with Gasteiger partial charge in [0.15, 0.2) is 6.29 Å². The summed E-state index contributed by atoms with van der Waals surface area (Å²) in [6.45, 7) is 4.19. The molecular formula is C17H34O7. The molecule has 0 aromatic carbocycles. The molecule has 7 heteroatoms. The van der Waals surface area contributed by atoms with E-state index in [0.717, 1.165) is 32.5 Å². The molecule has 0 aromatic rings. The number of ether oxygens (including phenoxy) is 3. The molecule has 2 aliphatic rings. The number of aliphatic hydroxyl groups excluding tert-OH is 4. The molecule has 24 heavy (non-hydrogen) atoms. The van der Waals surface area contributed by atoms with E-state index in [4.69, 9.17) is 14.6 Å². The second-order valence-corrected chi connectivity index (χ2v) is 6.30. The van der Waals surface area contributed by atoms with Crippen LogP contribution in [0.3, 0.4) is 0 Å². The highest BCUT2D eigenvalue weighted by molar-refractivity contribution is 4.88. The van der Waals surface area contributed by atoms with Crippen molar-refractivity contribution in [3.05, 3.63) is 0 Å². The Morgan fingerprint density at radius 1 is 0.875 bits per heavy atom. The van der Waals surface area contributed by atoms with E-state index in [1.54, 1.807) is 0 Å². The SMILES string of the molecule is C1CO1.CCCCCCCCCO[C@@H]1O[C@H](CO)[C@@H](O)[C@H](O)[C@H]1O. The number of hydrogen-bond acceptors (Lipinski definition) is 7. The van der Waals surface area contributed by atoms with Crippen molar-refractivity contribution in [3.8, 4) is 0 Å². The van der Waals surface area contributed by atoms with Gasteiger partial charge in [-0.1, -0.05) is 45.4 Å². The van der Waals surface area contributed by atoms with Gasteiger partial charge in [0.25, 0.3) is 0 Å². The summed E-state index contributed by atoms with van der Waals surface area (Å²) in [5, 5.41) is 38.1. The molecule has 0 radical (unpaired) electrons. The lowest BCUT2D eigenvalue weighted by Crippen LogP contribution is -2.59. The molecule has 0 saturated carbocycles. The third kappa shape index (κ3) is 8.71. The summed E-state index contributed by atoms with van der Waals surface area (Å²) in [5.74, 6) is 0. The Balaban J connectivity index is 0.000000857. The van der Waals surface area contributed by atoms with Gasteiger partial charge in [-0.05, 0) is 6.42 Å². The number of rotatable bonds is 10. The lowest BCUT2D eigenvalue weighted by molar-refractivity contribution is -0.301. The van der Waals surface area contributed by atoms with Gasteiger partial charge in [-0.2, -0.15) is 0 Å². The van der Waals surface area contributed by atoms with Crippen LogP contribution < -0.4 is 0 Å². The molecule has 0 spiro atoms. The zero-order valence-corrected chi connectivity index (χ0v) is 14.7. The van der Waals surface area contributed by atoms with E-state index in [2.05, 4.69) is 11.7 Å². The topological polar surface area (TPSA) is 112 Å². The van der Waals surface area contributed by atoms with Crippen molar-refractivity contribution >= 4 is 0 Å². The minimum absolute atomic E-state index is 0.427. The highest BCUT2D eigenvalue weighted by Crippen LogP contribution is 2.22. The zero-order chi connectivity index (χ0) is 17.8. The molecule has 2 fully saturated rings. The lowest BCUT2D eigenvalue weighted by atomic mass is 9.99. The molecule has 2 saturated heterocycles. The van der Waals surface area contributed by atoms with Gasteiger partial charge in [0.1, 0.15) is 24.4 Å². The first-order valence-electron chi connectivity index (χ1n) is 9.11. The molecule has 0 amide bonds. The number of unbranched alkanes of at least 4 members (excludes halogenated alkanes) is 6. The zero-order valence-electron chi connectivity index (χ0n) is 14.7. The molecule has 2 aliphatic heterocycles. The van der Waals surface area contributed by atoms with E-state index >= 15 is 0 Å². The van der Waals surface area contributed by atoms with E-state index in [1.165, 1.54) is 25.7 Å². The van der Waals surface area contributed by atoms with Crippen LogP contribution in [0.15, 0.2) is 0 Å². The van der Waals surface area contributed by atoms with E-state index in [0.29, 0.717) is 6.61 Å². The summed E-state index contributed by atoms with van der Waals surface area (Å²) in [5.41, 5.74) is 0. The average molecular weight is 350 g/mol. The Kier molecular flexibility index (Phi) is 11.8. The molecule has 0 bridgehead atoms. The van der Waals surface area contributed by atoms with Crippen LogP contribution in [0.4, 0.5) is 0 Å². The number of aliphatic hydroxyl groups is 4. The fraction of sp³-hybridized carbons (Fsp3) is 1.00. The molecule has 5 atom stereocenters. The van der Waals surface area contributed by atoms with Gasteiger partial charge in [-0.3, -0.25) is 0 Å². The maximum atomic E-state index is 9.78. The second-order valence-electron chi connectivity index (χ2n) is 6.30. The van der Waals surface area contributed by atoms with Gasteiger partial charge in [-0.15, -0.1) is 0 Å². The molecule has 2 rings (SSSR count). The number of hydrogen-bond donors (Lipinski definition) is 4. The smallest absolute Gasteiger partial charge is 0.186 e. The quantitative estimate of drug-likeness (QED) is 0.337. The largest absolute Gasteiger partial charge is 0.394 e. The summed E-state index contributed by atoms with van der Waals surface area (Å²) in [7, 11) is 0. The molecule has 144 valence electrons. The van der Waals surface area contributed by atoms with Crippen molar-refractivity contribution in [3.63, 3.8) is 0 Å². The van der Waals surface area contributed by atoms with Gasteiger partial charge >= 0.3 is 0 Å². The van der Waals surface area contributed by atoms with Crippen molar-refractivity contribution in [2.45, 2.75) is 82.6 Å². The van der Waals surface area contributed by atoms with Crippen molar-refractivity contribution in [2.24, 2.45) is 0 Å². The Labute approximate surface area is 144 Å². The summed E-state index contributed by atoms with van der Waals surface area (Å²) in [6, 6.07) is 0. The predicted molar refractivity (Wildman–Crippen MR) is 88.5 cm³/mol. The highest BCUT2D eigenvalue weighted by Gasteiger charge is 2.43. The Morgan fingerprint density at radius 2 is 1.46 bits per heavy atom. The monoisotopic (exact) mass is 350 g/mol. The lowest BCUT2D eigenvalue weighted by Gasteiger charge is -2.39. The van der Waals surface area contributed by atoms with Crippen molar-refractivity contribution in [2.75, 3.05) is 26.4 Å². The second kappa shape index (κ2) is 13.0. The third-order valence-corrected chi connectivity index (χ3v) is 4.08. The van der Waals surface area contributed by atoms with E-state index in [-0.39, 0.29) is 0 Å². The first-order chi connectivity index (χ1) is 11.6. The van der Waals surface area contributed by atoms with E-state index in [1.807, 2.05) is 0 Å². The van der Waals surface area contributed by atoms with Gasteiger partial charge < -0.3 is 34.6 Å². The summed E-state index contributed by atoms with van der Waals surface area (Å²) >= 11 is 0. The van der Waals surface area contributed by atoms with Crippen LogP contribution in [0.25, 0.3) is 0 Å². The van der Waals surface area contributed by atoms with Crippen molar-refractivity contribution in [1.82, 2.24) is 0 Å². The van der Waals surface area contributed by atoms with Crippen LogP contribution in [0.5, 0.6) is 0 Å². The maximum absolute atomic E-state index is 9.78. The van der Waals surface area contributed by atoms with Crippen LogP contribution in [0.2, 0.25) is 0 Å². The average Bonchev–Trinajstić information content (AvgIpc) is 3.46. The first-order valence-corrected chi connectivity index (χ1v) is 9.11. The highest BCUT2D eigenvalue weighted by atomic mass is 16.7. The van der Waals surface area contributed by atoms with Gasteiger partial charge in [-0.25, -0.2) is 0 Å². The normalized spacial score (nSPS) is 32.1. The summed E-state index contributed by atoms with van der Waals surface area (Å²) in [6.07, 6.45) is 2.20. The van der Waals surface area contributed by atoms with Gasteiger partial charge in [0.2, 0.25) is 0 Å². The van der Waals surface area contributed by atoms with Crippen LogP contribution in [-0.2, 0) is 14.2 Å². The summed E-state index contributed by atoms with van der Waals surface area (Å²) in [4.78, 5) is 0. The number of epoxide rings is 1. The van der Waals surface area contributed by atoms with E-state index < -0.39 is 37.3 Å². The van der Waals surface area contributed by atoms with Crippen molar-refractivity contribution in [1.29, 1.82) is 0 Å². The molecule has 4 N–H and O–H groups in total. The fourth-order valence-corrected chi connectivity index (χ4v) is 2.46. The molecule has 2 heterocycles. The minimum atomic E-state index is -1.37. The predicted octanol–water partition coefficient (Wildman–Crippen LogP) is 0.570. The fourth-order valence-electron chi connectivity index (χ4n) is 2.46. The molecule has 7 nitrogen and oxygen atoms in total. The first kappa shape index (κ1) is 21.8. The van der Waals surface area contributed by atoms with Crippen LogP contribution in [0.1, 0.15) is 51.9 Å². The standard InChI is InChI=1S/C15H30O6.C2H4O/c1-2-3-4-5-6-7-8-9-20-15-14(19)13(18)12(17)11(10-16)21-15;1-2-3-1/h11-19H,2-10H2,1H3;1-2H2/t11-,12-,13+,14-,15-;/m1./s1. The molecular weight excluding hydrogens is 316 g/mol. The Morgan fingerprint density at radius 3 is 2.00 bits per heavy atom. The Hall–Kier alpha value is -0.280. The van der Waals surface area contributed by atoms with E-state index in [9.17, 15) is 15.3 Å². The molecule has 0 aliphatic carbocycles. The molecule has 0 unspecified atom stereocenters. The van der Waals surface area contributed by atoms with Crippen LogP contribution in [-0.4, -0.2) is 77.6 Å². The van der Waals surface area contributed by atoms with Gasteiger partial charge in [0.05, 0.1) is 19.8 Å². The van der Waals surface area contributed by atoms with Crippen LogP contribution >= 0.6 is 0 Å². The third-order valence-electron chi connectivity index (χ3n) is 4.08. The van der Waals surface area contributed by atoms with Crippen molar-refractivity contribution < 1.29 is 34.6 Å². The van der Waals surface area contributed by atoms with Crippen LogP contribution in [0, 0.1) is 0 Å². The maximum Gasteiger partial charge on any atom is 0.186 e. The van der Waals surface area contributed by atoms with Gasteiger partial charge in [0, 0.05) is 6.61 Å².